The van der Waals surface area contributed by atoms with Gasteiger partial charge in [0, 0.05) is 22.0 Å². The molecule has 7 heteroatoms. The molecule has 3 heterocycles. The molecule has 0 spiro atoms. The number of nitrogen functional groups attached to an aromatic ring is 1. The van der Waals surface area contributed by atoms with Gasteiger partial charge < -0.3 is 15.5 Å². The van der Waals surface area contributed by atoms with Crippen LogP contribution in [0.25, 0.3) is 27.2 Å². The molecule has 6 rings (SSSR count). The van der Waals surface area contributed by atoms with Gasteiger partial charge in [0.2, 0.25) is 0 Å². The largest absolute Gasteiger partial charge is 0.383 e. The first-order valence-electron chi connectivity index (χ1n) is 11.6. The number of hydrogen-bond acceptors (Lipinski definition) is 5. The molecule has 0 aliphatic heterocycles. The van der Waals surface area contributed by atoms with Crippen LogP contribution in [0.5, 0.6) is 0 Å². The standard InChI is InChI=1S/C29H23ClN6/c1-17-8-7-11-19-14-20(36-22-13-6-5-12-21(22)25(30)27(36)23(17)19)15-33-29-24(28(32)34-16-35-29)26(31)18-9-3-2-4-10-18/h2-14,16,31H,15H2,1H3,(H3,32,33,34,35). The van der Waals surface area contributed by atoms with Gasteiger partial charge in [-0.15, -0.1) is 0 Å². The molecule has 0 fully saturated rings. The fourth-order valence-electron chi connectivity index (χ4n) is 4.93. The highest BCUT2D eigenvalue weighted by Crippen LogP contribution is 2.38. The molecule has 4 N–H and O–H groups in total. The first-order valence-corrected chi connectivity index (χ1v) is 12.0. The molecule has 0 bridgehead atoms. The molecule has 3 aromatic heterocycles. The number of nitrogens with two attached hydrogens (primary N) is 1. The molecule has 0 amide bonds. The molecular formula is C29H23ClN6. The van der Waals surface area contributed by atoms with Crippen LogP contribution >= 0.6 is 11.6 Å². The minimum absolute atomic E-state index is 0.259. The van der Waals surface area contributed by atoms with Crippen molar-refractivity contribution in [2.45, 2.75) is 13.5 Å². The highest BCUT2D eigenvalue weighted by atomic mass is 35.5. The van der Waals surface area contributed by atoms with Crippen LogP contribution in [0.3, 0.4) is 0 Å². The molecule has 36 heavy (non-hydrogen) atoms. The minimum Gasteiger partial charge on any atom is -0.383 e. The van der Waals surface area contributed by atoms with Gasteiger partial charge in [0.15, 0.2) is 0 Å². The van der Waals surface area contributed by atoms with Crippen LogP contribution in [0.2, 0.25) is 5.02 Å². The first kappa shape index (κ1) is 22.1. The monoisotopic (exact) mass is 490 g/mol. The number of benzene rings is 3. The summed E-state index contributed by atoms with van der Waals surface area (Å²) in [7, 11) is 0. The van der Waals surface area contributed by atoms with Crippen molar-refractivity contribution in [3.05, 3.63) is 113 Å². The van der Waals surface area contributed by atoms with Gasteiger partial charge in [0.25, 0.3) is 0 Å². The molecule has 0 saturated heterocycles. The highest BCUT2D eigenvalue weighted by Gasteiger charge is 2.19. The summed E-state index contributed by atoms with van der Waals surface area (Å²) in [4.78, 5) is 8.60. The van der Waals surface area contributed by atoms with Gasteiger partial charge in [-0.2, -0.15) is 0 Å². The summed E-state index contributed by atoms with van der Waals surface area (Å²) in [6.45, 7) is 2.56. The average molecular weight is 491 g/mol. The fraction of sp³-hybridized carbons (Fsp3) is 0.0690. The predicted octanol–water partition coefficient (Wildman–Crippen LogP) is 6.61. The SMILES string of the molecule is Cc1cccc2cc(CNc3ncnc(N)c3C(=N)c3ccccc3)n3c4ccccc4c(Cl)c3c12. The lowest BCUT2D eigenvalue weighted by Gasteiger charge is -2.16. The van der Waals surface area contributed by atoms with Gasteiger partial charge in [0.1, 0.15) is 18.0 Å². The van der Waals surface area contributed by atoms with E-state index in [1.165, 1.54) is 11.9 Å². The van der Waals surface area contributed by atoms with E-state index in [0.717, 1.165) is 43.5 Å². The lowest BCUT2D eigenvalue weighted by molar-refractivity contribution is 1.00. The Morgan fingerprint density at radius 3 is 2.61 bits per heavy atom. The Labute approximate surface area is 212 Å². The number of anilines is 2. The number of nitrogens with zero attached hydrogens (tertiary/aromatic N) is 3. The molecule has 0 atom stereocenters. The maximum atomic E-state index is 8.79. The van der Waals surface area contributed by atoms with E-state index in [1.807, 2.05) is 42.5 Å². The first-order chi connectivity index (χ1) is 17.5. The number of rotatable bonds is 5. The zero-order chi connectivity index (χ0) is 24.8. The lowest BCUT2D eigenvalue weighted by atomic mass is 10.0. The molecular weight excluding hydrogens is 468 g/mol. The van der Waals surface area contributed by atoms with Crippen LogP contribution < -0.4 is 11.1 Å². The molecule has 0 unspecified atom stereocenters. The summed E-state index contributed by atoms with van der Waals surface area (Å²) in [6, 6.07) is 26.1. The van der Waals surface area contributed by atoms with Gasteiger partial charge in [-0.05, 0) is 30.0 Å². The normalized spacial score (nSPS) is 11.4. The Morgan fingerprint density at radius 2 is 1.78 bits per heavy atom. The smallest absolute Gasteiger partial charge is 0.141 e. The zero-order valence-corrected chi connectivity index (χ0v) is 20.3. The van der Waals surface area contributed by atoms with Crippen molar-refractivity contribution in [1.82, 2.24) is 14.4 Å². The molecule has 6 nitrogen and oxygen atoms in total. The van der Waals surface area contributed by atoms with Gasteiger partial charge in [0.05, 0.1) is 33.9 Å². The number of nitrogens with one attached hydrogen (secondary N) is 2. The molecule has 0 aliphatic carbocycles. The second-order valence-corrected chi connectivity index (χ2v) is 9.15. The zero-order valence-electron chi connectivity index (χ0n) is 19.6. The van der Waals surface area contributed by atoms with E-state index >= 15 is 0 Å². The maximum absolute atomic E-state index is 8.79. The Morgan fingerprint density at radius 1 is 1.00 bits per heavy atom. The van der Waals surface area contributed by atoms with Gasteiger partial charge in [-0.3, -0.25) is 5.41 Å². The predicted molar refractivity (Wildman–Crippen MR) is 148 cm³/mol. The van der Waals surface area contributed by atoms with Crippen LogP contribution in [-0.2, 0) is 6.54 Å². The highest BCUT2D eigenvalue weighted by molar-refractivity contribution is 6.41. The number of para-hydroxylation sites is 1. The van der Waals surface area contributed by atoms with E-state index in [0.29, 0.717) is 17.9 Å². The third-order valence-electron chi connectivity index (χ3n) is 6.59. The van der Waals surface area contributed by atoms with E-state index in [1.54, 1.807) is 0 Å². The summed E-state index contributed by atoms with van der Waals surface area (Å²) in [5, 5.41) is 16.2. The lowest BCUT2D eigenvalue weighted by Crippen LogP contribution is -2.14. The van der Waals surface area contributed by atoms with Gasteiger partial charge in [-0.1, -0.05) is 78.3 Å². The molecule has 0 radical (unpaired) electrons. The van der Waals surface area contributed by atoms with Crippen LogP contribution in [0.15, 0.2) is 85.2 Å². The number of fused-ring (bicyclic) bond motifs is 5. The van der Waals surface area contributed by atoms with E-state index in [4.69, 9.17) is 22.7 Å². The maximum Gasteiger partial charge on any atom is 0.141 e. The van der Waals surface area contributed by atoms with Crippen molar-refractivity contribution in [2.24, 2.45) is 0 Å². The summed E-state index contributed by atoms with van der Waals surface area (Å²) in [5.74, 6) is 0.770. The van der Waals surface area contributed by atoms with E-state index in [-0.39, 0.29) is 11.5 Å². The number of hydrogen-bond donors (Lipinski definition) is 3. The fourth-order valence-corrected chi connectivity index (χ4v) is 5.27. The van der Waals surface area contributed by atoms with Gasteiger partial charge >= 0.3 is 0 Å². The second kappa shape index (κ2) is 8.66. The van der Waals surface area contributed by atoms with Crippen molar-refractivity contribution < 1.29 is 0 Å². The number of aryl methyl sites for hydroxylation is 1. The van der Waals surface area contributed by atoms with Crippen LogP contribution in [0.1, 0.15) is 22.4 Å². The van der Waals surface area contributed by atoms with Crippen molar-refractivity contribution in [3.8, 4) is 0 Å². The Kier molecular flexibility index (Phi) is 5.31. The second-order valence-electron chi connectivity index (χ2n) is 8.77. The van der Waals surface area contributed by atoms with E-state index < -0.39 is 0 Å². The Bertz CT molecular complexity index is 1790. The van der Waals surface area contributed by atoms with Crippen molar-refractivity contribution in [1.29, 1.82) is 5.41 Å². The molecule has 0 aliphatic rings. The number of pyridine rings is 1. The average Bonchev–Trinajstić information content (AvgIpc) is 3.20. The number of aromatic nitrogens is 3. The van der Waals surface area contributed by atoms with Crippen molar-refractivity contribution in [2.75, 3.05) is 11.1 Å². The number of halogens is 1. The van der Waals surface area contributed by atoms with Crippen LogP contribution in [0.4, 0.5) is 11.6 Å². The van der Waals surface area contributed by atoms with Gasteiger partial charge in [-0.25, -0.2) is 9.97 Å². The summed E-state index contributed by atoms with van der Waals surface area (Å²) in [5.41, 5.74) is 11.9. The van der Waals surface area contributed by atoms with Crippen LogP contribution in [0, 0.1) is 12.3 Å². The third kappa shape index (κ3) is 3.46. The quantitative estimate of drug-likeness (QED) is 0.237. The van der Waals surface area contributed by atoms with Crippen LogP contribution in [-0.4, -0.2) is 20.1 Å². The van der Waals surface area contributed by atoms with Crippen molar-refractivity contribution in [3.63, 3.8) is 0 Å². The summed E-state index contributed by atoms with van der Waals surface area (Å²) < 4.78 is 2.22. The topological polar surface area (TPSA) is 92.1 Å². The molecule has 0 saturated carbocycles. The molecule has 6 aromatic rings. The molecule has 3 aromatic carbocycles. The van der Waals surface area contributed by atoms with E-state index in [9.17, 15) is 0 Å². The molecule has 176 valence electrons. The minimum atomic E-state index is 0.259. The van der Waals surface area contributed by atoms with E-state index in [2.05, 4.69) is 63.0 Å². The summed E-state index contributed by atoms with van der Waals surface area (Å²) >= 11 is 6.98. The van der Waals surface area contributed by atoms with Crippen molar-refractivity contribution >= 4 is 56.1 Å². The third-order valence-corrected chi connectivity index (χ3v) is 6.97. The Balaban J connectivity index is 1.51. The summed E-state index contributed by atoms with van der Waals surface area (Å²) in [6.07, 6.45) is 1.42. The Hall–Kier alpha value is -4.42.